The van der Waals surface area contributed by atoms with Gasteiger partial charge in [-0.25, -0.2) is 0 Å². The van der Waals surface area contributed by atoms with Crippen LogP contribution in [0.2, 0.25) is 0 Å². The van der Waals surface area contributed by atoms with Gasteiger partial charge < -0.3 is 5.32 Å². The van der Waals surface area contributed by atoms with Gasteiger partial charge in [-0.2, -0.15) is 0 Å². The summed E-state index contributed by atoms with van der Waals surface area (Å²) in [6, 6.07) is 0. The molecule has 1 radical (unpaired) electrons. The third kappa shape index (κ3) is 15.9. The molecule has 0 saturated heterocycles. The molecule has 0 heterocycles. The average Bonchev–Trinajstić information content (AvgIpc) is 0.918. The molecule has 1 nitrogen and oxygen atoms in total. The Balaban J connectivity index is 0. The minimum absolute atomic E-state index is 0. The summed E-state index contributed by atoms with van der Waals surface area (Å²) in [5, 5.41) is 2.50. The number of nitrogens with one attached hydrogen (secondary N) is 1. The minimum atomic E-state index is 0. The topological polar surface area (TPSA) is 12.0 Å². The Morgan fingerprint density at radius 3 is 1.75 bits per heavy atom. The molecule has 0 aliphatic carbocycles. The second-order valence-electron chi connectivity index (χ2n) is 0.354. The molecule has 0 aliphatic heterocycles. The van der Waals surface area contributed by atoms with Gasteiger partial charge in [0.15, 0.2) is 0 Å². The summed E-state index contributed by atoms with van der Waals surface area (Å²) in [6.45, 7) is 0. The Hall–Kier alpha value is 0.700. The van der Waals surface area contributed by atoms with E-state index in [9.17, 15) is 0 Å². The van der Waals surface area contributed by atoms with E-state index in [1.165, 1.54) is 0 Å². The van der Waals surface area contributed by atoms with Crippen LogP contribution in [0.3, 0.4) is 0 Å². The Labute approximate surface area is 42.3 Å². The van der Waals surface area contributed by atoms with Crippen molar-refractivity contribution in [1.29, 1.82) is 0 Å². The van der Waals surface area contributed by atoms with Gasteiger partial charge >= 0.3 is 0 Å². The van der Waals surface area contributed by atoms with Crippen LogP contribution in [-0.2, 0) is 22.4 Å². The first-order chi connectivity index (χ1) is 1.41. The smallest absolute Gasteiger partial charge is 0 e. The molecular weight excluding hydrogens is 219 g/mol. The quantitative estimate of drug-likeness (QED) is 0.572. The van der Waals surface area contributed by atoms with Crippen molar-refractivity contribution in [3.63, 3.8) is 0 Å². The zero-order valence-electron chi connectivity index (χ0n) is 2.65. The first-order valence-electron chi connectivity index (χ1n) is 0.854. The molecule has 0 aromatic rings. The van der Waals surface area contributed by atoms with Crippen LogP contribution in [0.5, 0.6) is 0 Å². The second kappa shape index (κ2) is 9.33. The van der Waals surface area contributed by atoms with Crippen LogP contribution < -0.4 is 5.32 Å². The zero-order valence-corrected chi connectivity index (χ0v) is 5.87. The van der Waals surface area contributed by atoms with E-state index >= 15 is 0 Å². The molecule has 0 aromatic heterocycles. The molecule has 0 rings (SSSR count). The molecule has 0 aliphatic rings. The fourth-order valence-electron chi connectivity index (χ4n) is 0. The number of hydrogen-bond acceptors (Lipinski definition) is 1. The first-order valence-corrected chi connectivity index (χ1v) is 0.854. The van der Waals surface area contributed by atoms with Gasteiger partial charge in [0.25, 0.3) is 0 Å². The van der Waals surface area contributed by atoms with Gasteiger partial charge in [-0.3, -0.25) is 7.05 Å². The van der Waals surface area contributed by atoms with Crippen molar-refractivity contribution in [2.45, 2.75) is 0 Å². The van der Waals surface area contributed by atoms with E-state index in [1.807, 2.05) is 0 Å². The van der Waals surface area contributed by atoms with Gasteiger partial charge in [0.05, 0.1) is 0 Å². The molecule has 0 atom stereocenters. The van der Waals surface area contributed by atoms with Crippen molar-refractivity contribution in [2.75, 3.05) is 7.05 Å². The van der Waals surface area contributed by atoms with Gasteiger partial charge in [0.1, 0.15) is 0 Å². The summed E-state index contributed by atoms with van der Waals surface area (Å²) in [7, 11) is 5.00. The summed E-state index contributed by atoms with van der Waals surface area (Å²) in [4.78, 5) is 0. The van der Waals surface area contributed by atoms with Crippen LogP contribution in [0.4, 0.5) is 0 Å². The van der Waals surface area contributed by atoms with E-state index in [2.05, 4.69) is 12.4 Å². The third-order valence-corrected chi connectivity index (χ3v) is 0. The largest absolute Gasteiger partial charge is 0.475 e. The summed E-state index contributed by atoms with van der Waals surface area (Å²) >= 11 is 0. The summed E-state index contributed by atoms with van der Waals surface area (Å²) in [6.07, 6.45) is 0. The van der Waals surface area contributed by atoms with E-state index in [0.29, 0.717) is 0 Å². The predicted molar refractivity (Wildman–Crippen MR) is 14.4 cm³/mol. The molecule has 2 heteroatoms. The van der Waals surface area contributed by atoms with Crippen molar-refractivity contribution in [3.8, 4) is 0 Å². The minimum Gasteiger partial charge on any atom is -0.475 e. The van der Waals surface area contributed by atoms with E-state index < -0.39 is 0 Å². The monoisotopic (exact) mass is 225 g/mol. The van der Waals surface area contributed by atoms with Gasteiger partial charge in [-0.1, -0.05) is 0 Å². The van der Waals surface area contributed by atoms with Crippen molar-refractivity contribution in [2.24, 2.45) is 0 Å². The van der Waals surface area contributed by atoms with Crippen molar-refractivity contribution >= 4 is 0 Å². The molecule has 1 N–H and O–H groups in total. The fourth-order valence-corrected chi connectivity index (χ4v) is 0. The molecule has 25 valence electrons. The molecule has 0 spiro atoms. The van der Waals surface area contributed by atoms with Crippen LogP contribution in [0.25, 0.3) is 0 Å². The van der Waals surface area contributed by atoms with Gasteiger partial charge in [-0.05, 0) is 7.05 Å². The van der Waals surface area contributed by atoms with Crippen LogP contribution in [0, 0.1) is 7.05 Å². The first kappa shape index (κ1) is 8.83. The standard InChI is InChI=1S/C2H6N.Ta/c1-3-2;/h3H,1H2,2H3;/q-1;. The normalized spacial score (nSPS) is 4.50. The van der Waals surface area contributed by atoms with E-state index in [4.69, 9.17) is 0 Å². The van der Waals surface area contributed by atoms with E-state index in [0.717, 1.165) is 0 Å². The number of hydrogen-bond donors (Lipinski definition) is 1. The summed E-state index contributed by atoms with van der Waals surface area (Å²) < 4.78 is 0. The molecular formula is C2H6NTa-. The Bertz CT molecular complexity index is 6.00. The molecule has 0 aromatic carbocycles. The van der Waals surface area contributed by atoms with Gasteiger partial charge in [-0.15, -0.1) is 0 Å². The molecule has 4 heavy (non-hydrogen) atoms. The average molecular weight is 225 g/mol. The second-order valence-corrected chi connectivity index (χ2v) is 0.354. The van der Waals surface area contributed by atoms with Crippen LogP contribution >= 0.6 is 0 Å². The zero-order chi connectivity index (χ0) is 2.71. The molecule has 0 saturated carbocycles. The van der Waals surface area contributed by atoms with Crippen LogP contribution in [0.1, 0.15) is 0 Å². The van der Waals surface area contributed by atoms with Crippen molar-refractivity contribution < 1.29 is 22.4 Å². The van der Waals surface area contributed by atoms with Gasteiger partial charge in [0.2, 0.25) is 0 Å². The van der Waals surface area contributed by atoms with Crippen LogP contribution in [0.15, 0.2) is 0 Å². The SMILES string of the molecule is [CH2-]NC.[Ta]. The fraction of sp³-hybridized carbons (Fsp3) is 0.500. The van der Waals surface area contributed by atoms with Crippen LogP contribution in [-0.4, -0.2) is 7.05 Å². The summed E-state index contributed by atoms with van der Waals surface area (Å²) in [5.41, 5.74) is 0. The predicted octanol–water partition coefficient (Wildman–Crippen LogP) is -0.00511. The molecule has 0 fully saturated rings. The van der Waals surface area contributed by atoms with E-state index in [1.54, 1.807) is 7.05 Å². The summed E-state index contributed by atoms with van der Waals surface area (Å²) in [5.74, 6) is 0. The van der Waals surface area contributed by atoms with E-state index in [-0.39, 0.29) is 22.4 Å². The maximum absolute atomic E-state index is 3.24. The molecule has 0 unspecified atom stereocenters. The maximum atomic E-state index is 3.24. The molecule has 0 amide bonds. The van der Waals surface area contributed by atoms with Crippen molar-refractivity contribution in [3.05, 3.63) is 7.05 Å². The van der Waals surface area contributed by atoms with Crippen molar-refractivity contribution in [1.82, 2.24) is 5.32 Å². The Kier molecular flexibility index (Phi) is 20.6. The number of rotatable bonds is 0. The molecule has 0 bridgehead atoms. The van der Waals surface area contributed by atoms with Gasteiger partial charge in [0, 0.05) is 22.4 Å². The third-order valence-electron chi connectivity index (χ3n) is 0. The maximum Gasteiger partial charge on any atom is 0 e. The Morgan fingerprint density at radius 2 is 1.75 bits per heavy atom. The Morgan fingerprint density at radius 1 is 1.75 bits per heavy atom.